The lowest BCUT2D eigenvalue weighted by molar-refractivity contribution is 0.0663. The molecule has 0 amide bonds. The fourth-order valence-electron chi connectivity index (χ4n) is 4.53. The van der Waals surface area contributed by atoms with Gasteiger partial charge in [-0.3, -0.25) is 9.89 Å². The molecule has 0 spiro atoms. The highest BCUT2D eigenvalue weighted by Crippen LogP contribution is 2.39. The first-order valence-electron chi connectivity index (χ1n) is 11.1. The summed E-state index contributed by atoms with van der Waals surface area (Å²) in [4.78, 5) is 24.2. The lowest BCUT2D eigenvalue weighted by Gasteiger charge is -2.14. The van der Waals surface area contributed by atoms with E-state index in [1.54, 1.807) is 19.1 Å². The van der Waals surface area contributed by atoms with Crippen molar-refractivity contribution in [1.29, 1.82) is 0 Å². The standard InChI is InChI=1S/C26H24N4O5/c1-14-22(24(32)30(29-14)17-8-7-15-12-26(2,3)13-16(15)11-17)28-27-19-6-4-5-18(23(19)31)20-9-10-21(35-20)25(33)34/h4-11,29,31H,12-13H2,1-3H3,(H,33,34). The molecule has 3 N–H and O–H groups in total. The first kappa shape index (κ1) is 22.4. The van der Waals surface area contributed by atoms with E-state index in [2.05, 4.69) is 35.2 Å². The molecular formula is C26H24N4O5. The summed E-state index contributed by atoms with van der Waals surface area (Å²) in [6.45, 7) is 6.20. The number of carboxylic acid groups (broad SMARTS) is 1. The second-order valence-corrected chi connectivity index (χ2v) is 9.54. The summed E-state index contributed by atoms with van der Waals surface area (Å²) < 4.78 is 6.72. The van der Waals surface area contributed by atoms with Crippen LogP contribution in [0.4, 0.5) is 11.4 Å². The van der Waals surface area contributed by atoms with E-state index in [1.807, 2.05) is 12.1 Å². The van der Waals surface area contributed by atoms with Crippen molar-refractivity contribution in [2.75, 3.05) is 0 Å². The highest BCUT2D eigenvalue weighted by molar-refractivity contribution is 5.85. The number of aromatic hydroxyl groups is 1. The Labute approximate surface area is 200 Å². The van der Waals surface area contributed by atoms with E-state index in [4.69, 9.17) is 9.52 Å². The molecule has 0 saturated heterocycles. The lowest BCUT2D eigenvalue weighted by Crippen LogP contribution is -2.14. The maximum Gasteiger partial charge on any atom is 0.371 e. The largest absolute Gasteiger partial charge is 0.505 e. The maximum absolute atomic E-state index is 13.1. The summed E-state index contributed by atoms with van der Waals surface area (Å²) in [6, 6.07) is 13.5. The average molecular weight is 473 g/mol. The number of benzene rings is 2. The first-order chi connectivity index (χ1) is 16.6. The van der Waals surface area contributed by atoms with Crippen LogP contribution in [0.5, 0.6) is 5.75 Å². The summed E-state index contributed by atoms with van der Waals surface area (Å²) >= 11 is 0. The molecule has 2 aromatic heterocycles. The number of para-hydroxylation sites is 1. The molecule has 0 bridgehead atoms. The number of aromatic carboxylic acids is 1. The molecule has 178 valence electrons. The Bertz CT molecular complexity index is 1550. The summed E-state index contributed by atoms with van der Waals surface area (Å²) in [7, 11) is 0. The van der Waals surface area contributed by atoms with E-state index in [0.29, 0.717) is 5.69 Å². The van der Waals surface area contributed by atoms with Crippen molar-refractivity contribution in [2.45, 2.75) is 33.6 Å². The molecule has 0 atom stereocenters. The number of azo groups is 1. The van der Waals surface area contributed by atoms with Crippen LogP contribution in [-0.4, -0.2) is 26.0 Å². The minimum Gasteiger partial charge on any atom is -0.505 e. The van der Waals surface area contributed by atoms with Crippen LogP contribution in [0, 0.1) is 12.3 Å². The number of aromatic nitrogens is 2. The minimum absolute atomic E-state index is 0.113. The minimum atomic E-state index is -1.21. The van der Waals surface area contributed by atoms with Crippen molar-refractivity contribution >= 4 is 17.3 Å². The number of hydrogen-bond acceptors (Lipinski definition) is 6. The second-order valence-electron chi connectivity index (χ2n) is 9.54. The van der Waals surface area contributed by atoms with Crippen LogP contribution in [0.3, 0.4) is 0 Å². The Kier molecular flexibility index (Phi) is 5.20. The number of aryl methyl sites for hydroxylation is 1. The normalized spacial score (nSPS) is 14.5. The lowest BCUT2D eigenvalue weighted by atomic mass is 9.90. The highest BCUT2D eigenvalue weighted by atomic mass is 16.4. The molecule has 1 aliphatic rings. The molecule has 2 heterocycles. The van der Waals surface area contributed by atoms with Crippen molar-refractivity contribution in [3.8, 4) is 22.8 Å². The number of H-pyrrole nitrogens is 1. The zero-order valence-corrected chi connectivity index (χ0v) is 19.5. The quantitative estimate of drug-likeness (QED) is 0.321. The highest BCUT2D eigenvalue weighted by Gasteiger charge is 2.28. The van der Waals surface area contributed by atoms with Crippen molar-refractivity contribution in [1.82, 2.24) is 9.78 Å². The number of rotatable bonds is 5. The third kappa shape index (κ3) is 4.05. The topological polar surface area (TPSA) is 133 Å². The Morgan fingerprint density at radius 3 is 2.60 bits per heavy atom. The number of aromatic amines is 1. The van der Waals surface area contributed by atoms with Crippen molar-refractivity contribution in [3.63, 3.8) is 0 Å². The number of carboxylic acids is 1. The Balaban J connectivity index is 1.46. The SMILES string of the molecule is Cc1[nH]n(-c2ccc3c(c2)CC(C)(C)C3)c(=O)c1N=Nc1cccc(-c2ccc(C(=O)O)o2)c1O. The van der Waals surface area contributed by atoms with Gasteiger partial charge in [0.05, 0.1) is 16.9 Å². The van der Waals surface area contributed by atoms with E-state index >= 15 is 0 Å². The maximum atomic E-state index is 13.1. The van der Waals surface area contributed by atoms with E-state index in [1.165, 1.54) is 34.0 Å². The average Bonchev–Trinajstić information content (AvgIpc) is 3.48. The summed E-state index contributed by atoms with van der Waals surface area (Å²) in [5, 5.41) is 31.0. The van der Waals surface area contributed by atoms with Crippen LogP contribution < -0.4 is 5.56 Å². The Hall–Kier alpha value is -4.40. The third-order valence-corrected chi connectivity index (χ3v) is 6.18. The van der Waals surface area contributed by atoms with Gasteiger partial charge in [-0.1, -0.05) is 26.0 Å². The van der Waals surface area contributed by atoms with Gasteiger partial charge < -0.3 is 14.6 Å². The number of phenolic OH excluding ortho intramolecular Hbond substituents is 1. The number of phenols is 1. The van der Waals surface area contributed by atoms with Gasteiger partial charge in [0, 0.05) is 0 Å². The third-order valence-electron chi connectivity index (χ3n) is 6.18. The van der Waals surface area contributed by atoms with Gasteiger partial charge in [-0.25, -0.2) is 9.48 Å². The number of furan rings is 1. The predicted octanol–water partition coefficient (Wildman–Crippen LogP) is 5.68. The van der Waals surface area contributed by atoms with Gasteiger partial charge >= 0.3 is 5.97 Å². The number of nitrogens with one attached hydrogen (secondary N) is 1. The first-order valence-corrected chi connectivity index (χ1v) is 11.1. The fourth-order valence-corrected chi connectivity index (χ4v) is 4.53. The number of carbonyl (C=O) groups is 1. The molecule has 0 aliphatic heterocycles. The molecule has 35 heavy (non-hydrogen) atoms. The molecule has 4 aromatic rings. The van der Waals surface area contributed by atoms with Crippen molar-refractivity contribution in [3.05, 3.63) is 81.5 Å². The summed E-state index contributed by atoms with van der Waals surface area (Å²) in [5.41, 5.74) is 4.16. The summed E-state index contributed by atoms with van der Waals surface area (Å²) in [6.07, 6.45) is 1.97. The van der Waals surface area contributed by atoms with Crippen LogP contribution >= 0.6 is 0 Å². The second kappa shape index (κ2) is 8.12. The molecule has 5 rings (SSSR count). The van der Waals surface area contributed by atoms with Crippen LogP contribution in [-0.2, 0) is 12.8 Å². The molecule has 0 unspecified atom stereocenters. The Morgan fingerprint density at radius 2 is 1.86 bits per heavy atom. The molecule has 2 aromatic carbocycles. The van der Waals surface area contributed by atoms with Gasteiger partial charge in [0.2, 0.25) is 5.76 Å². The predicted molar refractivity (Wildman–Crippen MR) is 129 cm³/mol. The van der Waals surface area contributed by atoms with E-state index < -0.39 is 5.97 Å². The van der Waals surface area contributed by atoms with Crippen molar-refractivity contribution < 1.29 is 19.4 Å². The van der Waals surface area contributed by atoms with Gasteiger partial charge in [0.25, 0.3) is 5.56 Å². The van der Waals surface area contributed by atoms with Crippen LogP contribution in [0.25, 0.3) is 17.0 Å². The zero-order chi connectivity index (χ0) is 24.9. The molecule has 0 fully saturated rings. The molecule has 1 aliphatic carbocycles. The zero-order valence-electron chi connectivity index (χ0n) is 19.5. The number of fused-ring (bicyclic) bond motifs is 1. The van der Waals surface area contributed by atoms with Gasteiger partial charge in [-0.2, -0.15) is 0 Å². The Morgan fingerprint density at radius 1 is 1.09 bits per heavy atom. The van der Waals surface area contributed by atoms with Crippen LogP contribution in [0.15, 0.2) is 68.0 Å². The summed E-state index contributed by atoms with van der Waals surface area (Å²) in [5.74, 6) is -1.52. The molecule has 0 saturated carbocycles. The van der Waals surface area contributed by atoms with Gasteiger partial charge in [-0.05, 0) is 72.7 Å². The van der Waals surface area contributed by atoms with Crippen molar-refractivity contribution in [2.24, 2.45) is 15.6 Å². The smallest absolute Gasteiger partial charge is 0.371 e. The molecule has 0 radical (unpaired) electrons. The van der Waals surface area contributed by atoms with E-state index in [9.17, 15) is 14.7 Å². The number of nitrogens with zero attached hydrogens (tertiary/aromatic N) is 3. The van der Waals surface area contributed by atoms with Gasteiger partial charge in [-0.15, -0.1) is 10.2 Å². The van der Waals surface area contributed by atoms with Crippen LogP contribution in [0.1, 0.15) is 41.2 Å². The number of hydrogen-bond donors (Lipinski definition) is 3. The fraction of sp³-hybridized carbons (Fsp3) is 0.231. The van der Waals surface area contributed by atoms with Gasteiger partial charge in [0.15, 0.2) is 11.4 Å². The van der Waals surface area contributed by atoms with E-state index in [-0.39, 0.29) is 45.2 Å². The molecule has 9 heteroatoms. The molecule has 9 nitrogen and oxygen atoms in total. The van der Waals surface area contributed by atoms with Crippen LogP contribution in [0.2, 0.25) is 0 Å². The van der Waals surface area contributed by atoms with Gasteiger partial charge in [0.1, 0.15) is 11.4 Å². The van der Waals surface area contributed by atoms with E-state index in [0.717, 1.165) is 18.5 Å². The monoisotopic (exact) mass is 472 g/mol. The molecular weight excluding hydrogens is 448 g/mol.